The van der Waals surface area contributed by atoms with Crippen molar-refractivity contribution in [2.45, 2.75) is 38.2 Å². The van der Waals surface area contributed by atoms with E-state index < -0.39 is 12.1 Å². The smallest absolute Gasteiger partial charge is 0.335 e. The molecule has 7 heteroatoms. The van der Waals surface area contributed by atoms with Crippen LogP contribution in [-0.2, 0) is 26.1 Å². The van der Waals surface area contributed by atoms with Gasteiger partial charge in [0, 0.05) is 31.0 Å². The van der Waals surface area contributed by atoms with Crippen LogP contribution in [0.2, 0.25) is 0 Å². The van der Waals surface area contributed by atoms with Crippen molar-refractivity contribution in [3.8, 4) is 0 Å². The molecule has 0 unspecified atom stereocenters. The molecule has 5 N–H and O–H groups in total. The number of nitrogens with zero attached hydrogens (tertiary/aromatic N) is 3. The molecule has 4 aromatic rings. The number of hydrogen-bond donors (Lipinski definition) is 3. The fourth-order valence-electron chi connectivity index (χ4n) is 5.07. The highest BCUT2D eigenvalue weighted by Gasteiger charge is 2.40. The maximum absolute atomic E-state index is 14.5. The molecular formula is C32H35N5O2. The highest BCUT2D eigenvalue weighted by Crippen LogP contribution is 2.26. The Hall–Kier alpha value is -4.33. The summed E-state index contributed by atoms with van der Waals surface area (Å²) in [5.41, 5.74) is 17.2. The van der Waals surface area contributed by atoms with Crippen molar-refractivity contribution >= 4 is 17.4 Å². The van der Waals surface area contributed by atoms with Crippen LogP contribution in [0.1, 0.15) is 22.3 Å². The highest BCUT2D eigenvalue weighted by molar-refractivity contribution is 5.75. The highest BCUT2D eigenvalue weighted by atomic mass is 16.3. The fourth-order valence-corrected chi connectivity index (χ4v) is 5.07. The summed E-state index contributed by atoms with van der Waals surface area (Å²) >= 11 is 0. The Morgan fingerprint density at radius 2 is 1.13 bits per heavy atom. The van der Waals surface area contributed by atoms with E-state index in [1.54, 1.807) is 5.01 Å². The van der Waals surface area contributed by atoms with Crippen LogP contribution in [0.5, 0.6) is 0 Å². The van der Waals surface area contributed by atoms with E-state index in [4.69, 9.17) is 11.5 Å². The SMILES string of the molecule is Nc1ccc(CN2C(=O)N(Cc3ccc(N)cc3)N(Cc3ccccc3)C[C@@H](O)[C@H]2Cc2ccccc2)cc1. The number of urea groups is 1. The molecule has 0 bridgehead atoms. The van der Waals surface area contributed by atoms with Crippen molar-refractivity contribution in [1.82, 2.24) is 14.9 Å². The number of nitrogens with two attached hydrogens (primary N) is 2. The van der Waals surface area contributed by atoms with E-state index in [1.165, 1.54) is 0 Å². The number of aliphatic hydroxyl groups excluding tert-OH is 1. The molecule has 2 amide bonds. The zero-order chi connectivity index (χ0) is 27.2. The van der Waals surface area contributed by atoms with E-state index >= 15 is 0 Å². The predicted octanol–water partition coefficient (Wildman–Crippen LogP) is 4.68. The van der Waals surface area contributed by atoms with Crippen LogP contribution in [0.15, 0.2) is 109 Å². The number of nitrogen functional groups attached to an aromatic ring is 2. The van der Waals surface area contributed by atoms with Crippen molar-refractivity contribution in [3.63, 3.8) is 0 Å². The summed E-state index contributed by atoms with van der Waals surface area (Å²) in [4.78, 5) is 16.3. The van der Waals surface area contributed by atoms with Crippen molar-refractivity contribution in [3.05, 3.63) is 131 Å². The maximum atomic E-state index is 14.5. The second kappa shape index (κ2) is 12.0. The van der Waals surface area contributed by atoms with Crippen LogP contribution >= 0.6 is 0 Å². The quantitative estimate of drug-likeness (QED) is 0.293. The third kappa shape index (κ3) is 6.57. The molecule has 5 rings (SSSR count). The van der Waals surface area contributed by atoms with Gasteiger partial charge in [0.2, 0.25) is 0 Å². The van der Waals surface area contributed by atoms with Crippen molar-refractivity contribution < 1.29 is 9.90 Å². The first-order valence-electron chi connectivity index (χ1n) is 13.2. The monoisotopic (exact) mass is 521 g/mol. The molecular weight excluding hydrogens is 486 g/mol. The average molecular weight is 522 g/mol. The molecule has 2 atom stereocenters. The molecule has 4 aromatic carbocycles. The van der Waals surface area contributed by atoms with Gasteiger partial charge in [0.25, 0.3) is 0 Å². The van der Waals surface area contributed by atoms with Crippen molar-refractivity contribution in [1.29, 1.82) is 0 Å². The van der Waals surface area contributed by atoms with Gasteiger partial charge in [-0.25, -0.2) is 9.80 Å². The first-order valence-corrected chi connectivity index (χ1v) is 13.2. The molecule has 1 aliphatic rings. The number of carbonyl (C=O) groups is 1. The minimum absolute atomic E-state index is 0.155. The first kappa shape index (κ1) is 26.3. The maximum Gasteiger partial charge on any atom is 0.335 e. The lowest BCUT2D eigenvalue weighted by Gasteiger charge is -2.36. The summed E-state index contributed by atoms with van der Waals surface area (Å²) in [7, 11) is 0. The van der Waals surface area contributed by atoms with E-state index in [1.807, 2.05) is 119 Å². The largest absolute Gasteiger partial charge is 0.399 e. The molecule has 0 saturated carbocycles. The normalized spacial score (nSPS) is 18.2. The third-order valence-corrected chi connectivity index (χ3v) is 7.19. The summed E-state index contributed by atoms with van der Waals surface area (Å²) < 4.78 is 0. The number of rotatable bonds is 8. The summed E-state index contributed by atoms with van der Waals surface area (Å²) in [5, 5.41) is 15.4. The summed E-state index contributed by atoms with van der Waals surface area (Å²) in [6.45, 7) is 1.51. The van der Waals surface area contributed by atoms with Gasteiger partial charge in [0.05, 0.1) is 18.7 Å². The van der Waals surface area contributed by atoms with Crippen LogP contribution in [0.4, 0.5) is 16.2 Å². The Labute approximate surface area is 229 Å². The van der Waals surface area contributed by atoms with Gasteiger partial charge in [0.15, 0.2) is 0 Å². The zero-order valence-electron chi connectivity index (χ0n) is 21.9. The molecule has 1 saturated heterocycles. The topological polar surface area (TPSA) is 99.1 Å². The number of amides is 2. The lowest BCUT2D eigenvalue weighted by atomic mass is 9.99. The molecule has 0 radical (unpaired) electrons. The molecule has 200 valence electrons. The van der Waals surface area contributed by atoms with E-state index in [-0.39, 0.29) is 6.03 Å². The average Bonchev–Trinajstić information content (AvgIpc) is 3.03. The number of carbonyl (C=O) groups excluding carboxylic acids is 1. The molecule has 1 fully saturated rings. The van der Waals surface area contributed by atoms with Crippen molar-refractivity contribution in [2.75, 3.05) is 18.0 Å². The number of benzene rings is 4. The minimum atomic E-state index is -0.775. The summed E-state index contributed by atoms with van der Waals surface area (Å²) in [5.74, 6) is 0. The second-order valence-electron chi connectivity index (χ2n) is 10.1. The predicted molar refractivity (Wildman–Crippen MR) is 155 cm³/mol. The van der Waals surface area contributed by atoms with Crippen LogP contribution in [-0.4, -0.2) is 44.7 Å². The Kier molecular flexibility index (Phi) is 8.10. The molecule has 7 nitrogen and oxygen atoms in total. The van der Waals surface area contributed by atoms with E-state index in [0.29, 0.717) is 44.0 Å². The lowest BCUT2D eigenvalue weighted by molar-refractivity contribution is -0.0213. The summed E-state index contributed by atoms with van der Waals surface area (Å²) in [6, 6.07) is 34.6. The van der Waals surface area contributed by atoms with Gasteiger partial charge in [0.1, 0.15) is 0 Å². The van der Waals surface area contributed by atoms with E-state index in [9.17, 15) is 9.90 Å². The molecule has 1 aliphatic heterocycles. The van der Waals surface area contributed by atoms with Gasteiger partial charge in [-0.05, 0) is 52.9 Å². The molecule has 0 spiro atoms. The van der Waals surface area contributed by atoms with Gasteiger partial charge >= 0.3 is 6.03 Å². The molecule has 0 aromatic heterocycles. The van der Waals surface area contributed by atoms with E-state index in [0.717, 1.165) is 22.3 Å². The summed E-state index contributed by atoms with van der Waals surface area (Å²) in [6.07, 6.45) is -0.236. The molecule has 1 heterocycles. The van der Waals surface area contributed by atoms with Gasteiger partial charge in [-0.1, -0.05) is 84.9 Å². The zero-order valence-corrected chi connectivity index (χ0v) is 21.9. The van der Waals surface area contributed by atoms with Gasteiger partial charge in [-0.2, -0.15) is 0 Å². The van der Waals surface area contributed by atoms with Crippen LogP contribution in [0.3, 0.4) is 0 Å². The first-order chi connectivity index (χ1) is 19.0. The van der Waals surface area contributed by atoms with Crippen LogP contribution < -0.4 is 11.5 Å². The standard InChI is InChI=1S/C32H35N5O2/c33-28-15-11-26(12-16-28)21-36-30(19-24-7-3-1-4-8-24)31(38)23-35(20-25-9-5-2-6-10-25)37(32(36)39)22-27-13-17-29(34)18-14-27/h1-18,30-31,38H,19-23,33-34H2/t30-,31-/m1/s1. The number of β-amino-alcohol motifs (C(OH)–C–C–N with tert-alkyl or cyclic N) is 1. The van der Waals surface area contributed by atoms with Crippen molar-refractivity contribution in [2.24, 2.45) is 0 Å². The van der Waals surface area contributed by atoms with Crippen LogP contribution in [0.25, 0.3) is 0 Å². The Morgan fingerprint density at radius 3 is 1.69 bits per heavy atom. The lowest BCUT2D eigenvalue weighted by Crippen LogP contribution is -2.51. The van der Waals surface area contributed by atoms with Gasteiger partial charge < -0.3 is 21.5 Å². The number of hydrazine groups is 1. The van der Waals surface area contributed by atoms with Gasteiger partial charge in [-0.3, -0.25) is 5.01 Å². The van der Waals surface area contributed by atoms with Crippen LogP contribution in [0, 0.1) is 0 Å². The number of aliphatic hydroxyl groups is 1. The minimum Gasteiger partial charge on any atom is -0.399 e. The number of hydrogen-bond acceptors (Lipinski definition) is 5. The number of anilines is 2. The second-order valence-corrected chi connectivity index (χ2v) is 10.1. The Morgan fingerprint density at radius 1 is 0.641 bits per heavy atom. The fraction of sp³-hybridized carbons (Fsp3) is 0.219. The Balaban J connectivity index is 1.53. The van der Waals surface area contributed by atoms with Gasteiger partial charge in [-0.15, -0.1) is 0 Å². The molecule has 0 aliphatic carbocycles. The third-order valence-electron chi connectivity index (χ3n) is 7.19. The van der Waals surface area contributed by atoms with E-state index in [2.05, 4.69) is 0 Å². The Bertz CT molecular complexity index is 1350. The molecule has 39 heavy (non-hydrogen) atoms.